The van der Waals surface area contributed by atoms with E-state index in [0.29, 0.717) is 6.54 Å². The number of ether oxygens (including phenoxy) is 1. The molecule has 0 spiro atoms. The highest BCUT2D eigenvalue weighted by Crippen LogP contribution is 2.19. The number of anilines is 1. The lowest BCUT2D eigenvalue weighted by molar-refractivity contribution is -0.124. The predicted octanol–water partition coefficient (Wildman–Crippen LogP) is 3.17. The molecule has 0 saturated heterocycles. The topological polar surface area (TPSA) is 76.5 Å². The molecule has 2 aromatic carbocycles. The Morgan fingerprint density at radius 3 is 2.55 bits per heavy atom. The summed E-state index contributed by atoms with van der Waals surface area (Å²) in [6.45, 7) is 0.975. The van der Waals surface area contributed by atoms with E-state index >= 15 is 0 Å². The number of rotatable bonds is 11. The first-order chi connectivity index (χ1) is 15.1. The normalized spacial score (nSPS) is 10.9. The SMILES string of the molecule is COCC(=O)NCCCCCc1nc2ccccc2n1CC(=O)N(C)c1ccccc1. The van der Waals surface area contributed by atoms with Crippen LogP contribution in [0.25, 0.3) is 11.0 Å². The first-order valence-corrected chi connectivity index (χ1v) is 10.6. The number of nitrogens with zero attached hydrogens (tertiary/aromatic N) is 3. The van der Waals surface area contributed by atoms with Crippen molar-refractivity contribution in [3.63, 3.8) is 0 Å². The monoisotopic (exact) mass is 422 g/mol. The number of methoxy groups -OCH3 is 1. The van der Waals surface area contributed by atoms with Gasteiger partial charge in [0.1, 0.15) is 19.0 Å². The van der Waals surface area contributed by atoms with Gasteiger partial charge in [-0.05, 0) is 37.1 Å². The molecule has 0 aliphatic carbocycles. The second kappa shape index (κ2) is 11.3. The van der Waals surface area contributed by atoms with Crippen molar-refractivity contribution in [3.8, 4) is 0 Å². The number of imidazole rings is 1. The van der Waals surface area contributed by atoms with E-state index in [1.54, 1.807) is 11.9 Å². The molecule has 1 heterocycles. The summed E-state index contributed by atoms with van der Waals surface area (Å²) in [6.07, 6.45) is 3.58. The van der Waals surface area contributed by atoms with Gasteiger partial charge in [-0.1, -0.05) is 36.8 Å². The van der Waals surface area contributed by atoms with Gasteiger partial charge in [0, 0.05) is 32.8 Å². The van der Waals surface area contributed by atoms with Crippen LogP contribution in [0.1, 0.15) is 25.1 Å². The lowest BCUT2D eigenvalue weighted by Gasteiger charge is -2.18. The Labute approximate surface area is 183 Å². The van der Waals surface area contributed by atoms with Gasteiger partial charge >= 0.3 is 0 Å². The first kappa shape index (κ1) is 22.5. The molecule has 7 heteroatoms. The van der Waals surface area contributed by atoms with Gasteiger partial charge in [-0.3, -0.25) is 9.59 Å². The molecular formula is C24H30N4O3. The third-order valence-electron chi connectivity index (χ3n) is 5.22. The average Bonchev–Trinajstić information content (AvgIpc) is 3.13. The number of unbranched alkanes of at least 4 members (excludes halogenated alkanes) is 2. The zero-order chi connectivity index (χ0) is 22.1. The second-order valence-corrected chi connectivity index (χ2v) is 7.48. The van der Waals surface area contributed by atoms with E-state index in [1.165, 1.54) is 7.11 Å². The molecule has 2 amide bonds. The third kappa shape index (κ3) is 6.15. The zero-order valence-electron chi connectivity index (χ0n) is 18.2. The Balaban J connectivity index is 1.62. The number of hydrogen-bond acceptors (Lipinski definition) is 4. The van der Waals surface area contributed by atoms with Crippen LogP contribution in [-0.4, -0.2) is 48.7 Å². The smallest absolute Gasteiger partial charge is 0.246 e. The van der Waals surface area contributed by atoms with Crippen molar-refractivity contribution in [2.45, 2.75) is 32.2 Å². The molecule has 3 rings (SSSR count). The molecule has 1 N–H and O–H groups in total. The Kier molecular flexibility index (Phi) is 8.18. The fourth-order valence-electron chi connectivity index (χ4n) is 3.52. The maximum atomic E-state index is 13.0. The van der Waals surface area contributed by atoms with Crippen molar-refractivity contribution < 1.29 is 14.3 Å². The number of carbonyl (C=O) groups is 2. The number of benzene rings is 2. The lowest BCUT2D eigenvalue weighted by Crippen LogP contribution is -2.30. The molecule has 0 radical (unpaired) electrons. The molecule has 0 unspecified atom stereocenters. The van der Waals surface area contributed by atoms with Gasteiger partial charge in [0.2, 0.25) is 11.8 Å². The lowest BCUT2D eigenvalue weighted by atomic mass is 10.2. The van der Waals surface area contributed by atoms with Gasteiger partial charge in [-0.2, -0.15) is 0 Å². The maximum Gasteiger partial charge on any atom is 0.246 e. The van der Waals surface area contributed by atoms with Crippen LogP contribution in [0, 0.1) is 0 Å². The summed E-state index contributed by atoms with van der Waals surface area (Å²) in [5.41, 5.74) is 2.74. The van der Waals surface area contributed by atoms with Crippen LogP contribution in [0.4, 0.5) is 5.69 Å². The summed E-state index contributed by atoms with van der Waals surface area (Å²) in [5.74, 6) is 0.834. The summed E-state index contributed by atoms with van der Waals surface area (Å²) >= 11 is 0. The molecule has 0 saturated carbocycles. The van der Waals surface area contributed by atoms with Crippen LogP contribution in [0.15, 0.2) is 54.6 Å². The number of hydrogen-bond donors (Lipinski definition) is 1. The molecule has 3 aromatic rings. The number of amides is 2. The molecule has 164 valence electrons. The summed E-state index contributed by atoms with van der Waals surface area (Å²) in [6, 6.07) is 17.6. The zero-order valence-corrected chi connectivity index (χ0v) is 18.2. The van der Waals surface area contributed by atoms with E-state index in [-0.39, 0.29) is 25.0 Å². The van der Waals surface area contributed by atoms with Crippen LogP contribution < -0.4 is 10.2 Å². The number of nitrogens with one attached hydrogen (secondary N) is 1. The van der Waals surface area contributed by atoms with Crippen molar-refractivity contribution >= 4 is 28.5 Å². The van der Waals surface area contributed by atoms with E-state index < -0.39 is 0 Å². The summed E-state index contributed by atoms with van der Waals surface area (Å²) in [4.78, 5) is 30.8. The van der Waals surface area contributed by atoms with Gasteiger partial charge in [-0.25, -0.2) is 4.98 Å². The van der Waals surface area contributed by atoms with Crippen molar-refractivity contribution in [3.05, 3.63) is 60.4 Å². The van der Waals surface area contributed by atoms with E-state index in [0.717, 1.165) is 48.2 Å². The van der Waals surface area contributed by atoms with Gasteiger partial charge in [0.15, 0.2) is 0 Å². The fourth-order valence-corrected chi connectivity index (χ4v) is 3.52. The number of aromatic nitrogens is 2. The predicted molar refractivity (Wildman–Crippen MR) is 122 cm³/mol. The number of fused-ring (bicyclic) bond motifs is 1. The molecule has 0 bridgehead atoms. The average molecular weight is 423 g/mol. The van der Waals surface area contributed by atoms with Crippen LogP contribution >= 0.6 is 0 Å². The molecule has 0 aliphatic heterocycles. The van der Waals surface area contributed by atoms with Crippen LogP contribution in [0.2, 0.25) is 0 Å². The number of aryl methyl sites for hydroxylation is 1. The van der Waals surface area contributed by atoms with E-state index in [9.17, 15) is 9.59 Å². The first-order valence-electron chi connectivity index (χ1n) is 10.6. The Bertz CT molecular complexity index is 1000. The highest BCUT2D eigenvalue weighted by Gasteiger charge is 2.16. The van der Waals surface area contributed by atoms with Crippen molar-refractivity contribution in [1.29, 1.82) is 0 Å². The van der Waals surface area contributed by atoms with Crippen molar-refractivity contribution in [1.82, 2.24) is 14.9 Å². The van der Waals surface area contributed by atoms with E-state index in [1.807, 2.05) is 59.2 Å². The third-order valence-corrected chi connectivity index (χ3v) is 5.22. The maximum absolute atomic E-state index is 13.0. The van der Waals surface area contributed by atoms with Crippen LogP contribution in [-0.2, 0) is 27.3 Å². The van der Waals surface area contributed by atoms with Crippen LogP contribution in [0.3, 0.4) is 0 Å². The standard InChI is InChI=1S/C24H30N4O3/c1-27(19-11-5-3-6-12-19)24(30)17-28-21-14-9-8-13-20(21)26-22(28)15-7-4-10-16-25-23(29)18-31-2/h3,5-6,8-9,11-14H,4,7,10,15-18H2,1-2H3,(H,25,29). The second-order valence-electron chi connectivity index (χ2n) is 7.48. The Morgan fingerprint density at radius 1 is 1.03 bits per heavy atom. The molecule has 0 fully saturated rings. The highest BCUT2D eigenvalue weighted by molar-refractivity contribution is 5.93. The van der Waals surface area contributed by atoms with Gasteiger partial charge in [-0.15, -0.1) is 0 Å². The molecule has 1 aromatic heterocycles. The van der Waals surface area contributed by atoms with E-state index in [4.69, 9.17) is 9.72 Å². The van der Waals surface area contributed by atoms with Crippen LogP contribution in [0.5, 0.6) is 0 Å². The summed E-state index contributed by atoms with van der Waals surface area (Å²) < 4.78 is 6.83. The highest BCUT2D eigenvalue weighted by atomic mass is 16.5. The fraction of sp³-hybridized carbons (Fsp3) is 0.375. The quantitative estimate of drug-likeness (QED) is 0.482. The minimum Gasteiger partial charge on any atom is -0.375 e. The summed E-state index contributed by atoms with van der Waals surface area (Å²) in [5, 5.41) is 2.83. The molecule has 0 aliphatic rings. The van der Waals surface area contributed by atoms with E-state index in [2.05, 4.69) is 5.32 Å². The minimum atomic E-state index is -0.0923. The summed E-state index contributed by atoms with van der Waals surface area (Å²) in [7, 11) is 3.31. The Hall–Kier alpha value is -3.19. The number of carbonyl (C=O) groups excluding carboxylic acids is 2. The number of likely N-dealkylation sites (N-methyl/N-ethyl adjacent to an activating group) is 1. The van der Waals surface area contributed by atoms with Gasteiger partial charge in [0.25, 0.3) is 0 Å². The molecule has 7 nitrogen and oxygen atoms in total. The molecular weight excluding hydrogens is 392 g/mol. The Morgan fingerprint density at radius 2 is 1.77 bits per heavy atom. The van der Waals surface area contributed by atoms with Crippen molar-refractivity contribution in [2.24, 2.45) is 0 Å². The van der Waals surface area contributed by atoms with Gasteiger partial charge < -0.3 is 19.5 Å². The largest absolute Gasteiger partial charge is 0.375 e. The minimum absolute atomic E-state index is 0.0106. The van der Waals surface area contributed by atoms with Crippen molar-refractivity contribution in [2.75, 3.05) is 32.2 Å². The molecule has 31 heavy (non-hydrogen) atoms. The van der Waals surface area contributed by atoms with Gasteiger partial charge in [0.05, 0.1) is 11.0 Å². The molecule has 0 atom stereocenters. The number of para-hydroxylation sites is 3.